The summed E-state index contributed by atoms with van der Waals surface area (Å²) >= 11 is 0. The van der Waals surface area contributed by atoms with Crippen molar-refractivity contribution in [2.24, 2.45) is 0 Å². The molecule has 0 bridgehead atoms. The number of hydrogen-bond acceptors (Lipinski definition) is 2. The highest BCUT2D eigenvalue weighted by Gasteiger charge is 2.01. The molecule has 0 fully saturated rings. The Morgan fingerprint density at radius 2 is 1.63 bits per heavy atom. The van der Waals surface area contributed by atoms with E-state index >= 15 is 0 Å². The molecule has 3 heteroatoms. The third-order valence-electron chi connectivity index (χ3n) is 2.31. The Bertz CT molecular complexity index is 598. The van der Waals surface area contributed by atoms with Gasteiger partial charge in [0.2, 0.25) is 0 Å². The SMILES string of the molecule is C=CC(=O)O.N#Cc1ccccc1-c1ccccc1. The van der Waals surface area contributed by atoms with Crippen LogP contribution in [-0.2, 0) is 4.79 Å². The first-order chi connectivity index (χ1) is 9.19. The zero-order valence-corrected chi connectivity index (χ0v) is 10.3. The lowest BCUT2D eigenvalue weighted by Crippen LogP contribution is -1.82. The normalized spacial score (nSPS) is 8.58. The van der Waals surface area contributed by atoms with Gasteiger partial charge in [0.1, 0.15) is 0 Å². The number of benzene rings is 2. The van der Waals surface area contributed by atoms with Crippen LogP contribution in [0.15, 0.2) is 67.3 Å². The molecule has 0 aliphatic carbocycles. The number of nitriles is 1. The first kappa shape index (κ1) is 14.2. The van der Waals surface area contributed by atoms with Gasteiger partial charge in [-0.25, -0.2) is 4.79 Å². The molecular weight excluding hydrogens is 238 g/mol. The van der Waals surface area contributed by atoms with Crippen LogP contribution in [0.1, 0.15) is 5.56 Å². The van der Waals surface area contributed by atoms with Gasteiger partial charge in [-0.15, -0.1) is 0 Å². The average Bonchev–Trinajstić information content (AvgIpc) is 2.48. The number of rotatable bonds is 2. The van der Waals surface area contributed by atoms with Gasteiger partial charge in [-0.1, -0.05) is 55.1 Å². The zero-order chi connectivity index (χ0) is 14.1. The Balaban J connectivity index is 0.000000312. The maximum absolute atomic E-state index is 9.25. The van der Waals surface area contributed by atoms with Gasteiger partial charge < -0.3 is 5.11 Å². The van der Waals surface area contributed by atoms with Crippen LogP contribution in [0.2, 0.25) is 0 Å². The number of carboxylic acids is 1. The third kappa shape index (κ3) is 4.49. The van der Waals surface area contributed by atoms with Crippen molar-refractivity contribution in [1.82, 2.24) is 0 Å². The lowest BCUT2D eigenvalue weighted by Gasteiger charge is -2.02. The molecule has 0 heterocycles. The molecule has 0 saturated carbocycles. The molecule has 0 spiro atoms. The molecule has 0 saturated heterocycles. The molecule has 0 atom stereocenters. The standard InChI is InChI=1S/C13H9N.C3H4O2/c14-10-12-8-4-5-9-13(12)11-6-2-1-3-7-11;1-2-3(4)5/h1-9H;2H,1H2,(H,4,5). The lowest BCUT2D eigenvalue weighted by atomic mass is 10.0. The molecule has 94 valence electrons. The van der Waals surface area contributed by atoms with E-state index in [1.165, 1.54) is 0 Å². The Morgan fingerprint density at radius 1 is 1.11 bits per heavy atom. The zero-order valence-electron chi connectivity index (χ0n) is 10.3. The Labute approximate surface area is 112 Å². The van der Waals surface area contributed by atoms with Crippen LogP contribution in [0.25, 0.3) is 11.1 Å². The van der Waals surface area contributed by atoms with E-state index in [-0.39, 0.29) is 0 Å². The van der Waals surface area contributed by atoms with Crippen LogP contribution in [0, 0.1) is 11.3 Å². The molecule has 3 nitrogen and oxygen atoms in total. The second-order valence-electron chi connectivity index (χ2n) is 3.57. The maximum atomic E-state index is 9.25. The second kappa shape index (κ2) is 7.46. The van der Waals surface area contributed by atoms with E-state index < -0.39 is 5.97 Å². The van der Waals surface area contributed by atoms with Crippen molar-refractivity contribution in [2.75, 3.05) is 0 Å². The largest absolute Gasteiger partial charge is 0.478 e. The monoisotopic (exact) mass is 251 g/mol. The first-order valence-corrected chi connectivity index (χ1v) is 5.59. The molecule has 0 amide bonds. The van der Waals surface area contributed by atoms with Gasteiger partial charge in [-0.3, -0.25) is 0 Å². The second-order valence-corrected chi connectivity index (χ2v) is 3.57. The Morgan fingerprint density at radius 3 is 2.16 bits per heavy atom. The summed E-state index contributed by atoms with van der Waals surface area (Å²) in [5.74, 6) is -0.981. The summed E-state index contributed by atoms with van der Waals surface area (Å²) in [6.07, 6.45) is 0.833. The van der Waals surface area contributed by atoms with E-state index in [4.69, 9.17) is 10.4 Å². The highest BCUT2D eigenvalue weighted by molar-refractivity contribution is 5.78. The molecule has 2 aromatic carbocycles. The molecule has 0 aliphatic heterocycles. The van der Waals surface area contributed by atoms with Crippen LogP contribution in [0.4, 0.5) is 0 Å². The smallest absolute Gasteiger partial charge is 0.327 e. The molecule has 19 heavy (non-hydrogen) atoms. The summed E-state index contributed by atoms with van der Waals surface area (Å²) in [5.41, 5.74) is 2.80. The third-order valence-corrected chi connectivity index (χ3v) is 2.31. The molecule has 0 aromatic heterocycles. The molecular formula is C16H13NO2. The summed E-state index contributed by atoms with van der Waals surface area (Å²) < 4.78 is 0. The van der Waals surface area contributed by atoms with Crippen molar-refractivity contribution in [1.29, 1.82) is 5.26 Å². The number of carbonyl (C=O) groups is 1. The minimum Gasteiger partial charge on any atom is -0.478 e. The van der Waals surface area contributed by atoms with Gasteiger partial charge in [0.05, 0.1) is 11.6 Å². The molecule has 0 radical (unpaired) electrons. The minimum atomic E-state index is -0.981. The van der Waals surface area contributed by atoms with Gasteiger partial charge in [0.25, 0.3) is 0 Å². The minimum absolute atomic E-state index is 0.721. The van der Waals surface area contributed by atoms with Crippen LogP contribution in [0.3, 0.4) is 0 Å². The van der Waals surface area contributed by atoms with Crippen LogP contribution >= 0.6 is 0 Å². The lowest BCUT2D eigenvalue weighted by molar-refractivity contribution is -0.131. The van der Waals surface area contributed by atoms with Crippen molar-refractivity contribution in [3.63, 3.8) is 0 Å². The predicted octanol–water partition coefficient (Wildman–Crippen LogP) is 3.48. The number of hydrogen-bond donors (Lipinski definition) is 1. The van der Waals surface area contributed by atoms with Crippen LogP contribution in [-0.4, -0.2) is 11.1 Å². The van der Waals surface area contributed by atoms with Crippen molar-refractivity contribution in [2.45, 2.75) is 0 Å². The maximum Gasteiger partial charge on any atom is 0.327 e. The molecule has 0 aliphatic rings. The van der Waals surface area contributed by atoms with Crippen molar-refractivity contribution in [3.05, 3.63) is 72.8 Å². The highest BCUT2D eigenvalue weighted by Crippen LogP contribution is 2.22. The first-order valence-electron chi connectivity index (χ1n) is 5.59. The Kier molecular flexibility index (Phi) is 5.58. The molecule has 2 rings (SSSR count). The van der Waals surface area contributed by atoms with Crippen molar-refractivity contribution >= 4 is 5.97 Å². The fourth-order valence-corrected chi connectivity index (χ4v) is 1.45. The van der Waals surface area contributed by atoms with E-state index in [0.29, 0.717) is 0 Å². The summed E-state index contributed by atoms with van der Waals surface area (Å²) in [6.45, 7) is 2.96. The van der Waals surface area contributed by atoms with Crippen LogP contribution < -0.4 is 0 Å². The van der Waals surface area contributed by atoms with Gasteiger partial charge in [-0.05, 0) is 17.2 Å². The molecule has 0 unspecified atom stereocenters. The van der Waals surface area contributed by atoms with Gasteiger partial charge >= 0.3 is 5.97 Å². The topological polar surface area (TPSA) is 61.1 Å². The van der Waals surface area contributed by atoms with E-state index in [9.17, 15) is 4.79 Å². The number of nitrogens with zero attached hydrogens (tertiary/aromatic N) is 1. The number of aliphatic carboxylic acids is 1. The summed E-state index contributed by atoms with van der Waals surface area (Å²) in [5, 5.41) is 16.5. The fourth-order valence-electron chi connectivity index (χ4n) is 1.45. The number of carboxylic acid groups (broad SMARTS) is 1. The van der Waals surface area contributed by atoms with E-state index in [2.05, 4.69) is 12.6 Å². The summed E-state index contributed by atoms with van der Waals surface area (Å²) in [6, 6.07) is 19.8. The quantitative estimate of drug-likeness (QED) is 0.831. The van der Waals surface area contributed by atoms with Gasteiger partial charge in [0.15, 0.2) is 0 Å². The molecule has 1 N–H and O–H groups in total. The van der Waals surface area contributed by atoms with Crippen molar-refractivity contribution < 1.29 is 9.90 Å². The van der Waals surface area contributed by atoms with Gasteiger partial charge in [0, 0.05) is 6.08 Å². The summed E-state index contributed by atoms with van der Waals surface area (Å²) in [4.78, 5) is 9.25. The molecule has 2 aromatic rings. The van der Waals surface area contributed by atoms with E-state index in [0.717, 1.165) is 22.8 Å². The highest BCUT2D eigenvalue weighted by atomic mass is 16.4. The Hall–Kier alpha value is -2.86. The van der Waals surface area contributed by atoms with E-state index in [1.807, 2.05) is 54.6 Å². The fraction of sp³-hybridized carbons (Fsp3) is 0. The van der Waals surface area contributed by atoms with Crippen molar-refractivity contribution in [3.8, 4) is 17.2 Å². The van der Waals surface area contributed by atoms with Gasteiger partial charge in [-0.2, -0.15) is 5.26 Å². The van der Waals surface area contributed by atoms with E-state index in [1.54, 1.807) is 0 Å². The average molecular weight is 251 g/mol. The summed E-state index contributed by atoms with van der Waals surface area (Å²) in [7, 11) is 0. The predicted molar refractivity (Wildman–Crippen MR) is 74.4 cm³/mol. The van der Waals surface area contributed by atoms with Crippen LogP contribution in [0.5, 0.6) is 0 Å².